The number of rotatable bonds is 4. The molecule has 1 saturated carbocycles. The average Bonchev–Trinajstić information content (AvgIpc) is 3.12. The summed E-state index contributed by atoms with van der Waals surface area (Å²) in [5.74, 6) is -0.194. The van der Waals surface area contributed by atoms with Gasteiger partial charge in [-0.25, -0.2) is 0 Å². The van der Waals surface area contributed by atoms with Gasteiger partial charge in [0, 0.05) is 20.3 Å². The van der Waals surface area contributed by atoms with Crippen LogP contribution in [0.5, 0.6) is 0 Å². The molecule has 0 spiro atoms. The SMILES string of the molecule is CN(C)C(=O)C1C=CC=CC1(C)Nc1nn(C2CCCCC2C#N)c2cc[nH]c(=O)c12. The molecule has 2 aliphatic carbocycles. The van der Waals surface area contributed by atoms with Gasteiger partial charge in [0.2, 0.25) is 5.91 Å². The molecule has 2 N–H and O–H groups in total. The fourth-order valence-corrected chi connectivity index (χ4v) is 4.72. The van der Waals surface area contributed by atoms with Crippen molar-refractivity contribution in [2.24, 2.45) is 11.8 Å². The molecule has 0 radical (unpaired) electrons. The number of carbonyl (C=O) groups excluding carboxylic acids is 1. The molecule has 8 heteroatoms. The first kappa shape index (κ1) is 20.9. The van der Waals surface area contributed by atoms with Crippen LogP contribution in [-0.4, -0.2) is 45.2 Å². The average molecular weight is 421 g/mol. The van der Waals surface area contributed by atoms with Crippen LogP contribution >= 0.6 is 0 Å². The largest absolute Gasteiger partial charge is 0.358 e. The lowest BCUT2D eigenvalue weighted by Crippen LogP contribution is -2.48. The van der Waals surface area contributed by atoms with E-state index in [2.05, 4.69) is 16.4 Å². The Morgan fingerprint density at radius 1 is 1.35 bits per heavy atom. The Labute approximate surface area is 181 Å². The van der Waals surface area contributed by atoms with Crippen LogP contribution in [0.2, 0.25) is 0 Å². The van der Waals surface area contributed by atoms with Crippen molar-refractivity contribution in [1.82, 2.24) is 19.7 Å². The lowest BCUT2D eigenvalue weighted by atomic mass is 9.81. The number of amides is 1. The van der Waals surface area contributed by atoms with E-state index in [1.807, 2.05) is 42.0 Å². The maximum atomic E-state index is 12.8. The Morgan fingerprint density at radius 3 is 2.87 bits per heavy atom. The van der Waals surface area contributed by atoms with E-state index >= 15 is 0 Å². The van der Waals surface area contributed by atoms with Gasteiger partial charge in [-0.3, -0.25) is 14.3 Å². The Morgan fingerprint density at radius 2 is 2.13 bits per heavy atom. The number of anilines is 1. The molecule has 8 nitrogen and oxygen atoms in total. The Bertz CT molecular complexity index is 1150. The molecule has 2 aromatic rings. The van der Waals surface area contributed by atoms with E-state index in [0.717, 1.165) is 25.7 Å². The van der Waals surface area contributed by atoms with Crippen LogP contribution in [0.15, 0.2) is 41.4 Å². The lowest BCUT2D eigenvalue weighted by Gasteiger charge is -2.36. The van der Waals surface area contributed by atoms with Gasteiger partial charge >= 0.3 is 0 Å². The highest BCUT2D eigenvalue weighted by Crippen LogP contribution is 2.37. The van der Waals surface area contributed by atoms with E-state index in [1.165, 1.54) is 0 Å². The van der Waals surface area contributed by atoms with E-state index in [-0.39, 0.29) is 23.4 Å². The second-order valence-electron chi connectivity index (χ2n) is 8.81. The molecule has 0 saturated heterocycles. The first-order valence-electron chi connectivity index (χ1n) is 10.7. The van der Waals surface area contributed by atoms with Gasteiger partial charge < -0.3 is 15.2 Å². The van der Waals surface area contributed by atoms with Gasteiger partial charge in [0.25, 0.3) is 5.56 Å². The third-order valence-corrected chi connectivity index (χ3v) is 6.44. The van der Waals surface area contributed by atoms with Crippen molar-refractivity contribution in [3.63, 3.8) is 0 Å². The fraction of sp³-hybridized carbons (Fsp3) is 0.478. The van der Waals surface area contributed by atoms with Crippen LogP contribution in [-0.2, 0) is 4.79 Å². The fourth-order valence-electron chi connectivity index (χ4n) is 4.72. The summed E-state index contributed by atoms with van der Waals surface area (Å²) < 4.78 is 1.84. The summed E-state index contributed by atoms with van der Waals surface area (Å²) >= 11 is 0. The van der Waals surface area contributed by atoms with Crippen LogP contribution in [0.4, 0.5) is 5.82 Å². The molecule has 4 unspecified atom stereocenters. The highest BCUT2D eigenvalue weighted by molar-refractivity contribution is 5.91. The molecular formula is C23H28N6O2. The molecule has 162 valence electrons. The number of nitrogens with one attached hydrogen (secondary N) is 2. The summed E-state index contributed by atoms with van der Waals surface area (Å²) in [6, 6.07) is 4.18. The van der Waals surface area contributed by atoms with Gasteiger partial charge in [-0.05, 0) is 25.8 Å². The first-order chi connectivity index (χ1) is 14.9. The summed E-state index contributed by atoms with van der Waals surface area (Å²) in [6.07, 6.45) is 12.9. The topological polar surface area (TPSA) is 107 Å². The van der Waals surface area contributed by atoms with Crippen molar-refractivity contribution in [1.29, 1.82) is 5.26 Å². The number of fused-ring (bicyclic) bond motifs is 1. The second-order valence-corrected chi connectivity index (χ2v) is 8.81. The molecule has 1 fully saturated rings. The number of pyridine rings is 1. The summed E-state index contributed by atoms with van der Waals surface area (Å²) in [5.41, 5.74) is -0.302. The van der Waals surface area contributed by atoms with E-state index < -0.39 is 11.5 Å². The highest BCUT2D eigenvalue weighted by Gasteiger charge is 2.39. The van der Waals surface area contributed by atoms with Crippen LogP contribution in [0, 0.1) is 23.2 Å². The number of H-pyrrole nitrogens is 1. The van der Waals surface area contributed by atoms with Gasteiger partial charge in [0.15, 0.2) is 5.82 Å². The molecule has 0 aliphatic heterocycles. The third-order valence-electron chi connectivity index (χ3n) is 6.44. The molecule has 2 aromatic heterocycles. The number of hydrogen-bond donors (Lipinski definition) is 2. The van der Waals surface area contributed by atoms with E-state index in [1.54, 1.807) is 25.2 Å². The van der Waals surface area contributed by atoms with Crippen LogP contribution in [0.25, 0.3) is 10.9 Å². The number of hydrogen-bond acceptors (Lipinski definition) is 5. The third kappa shape index (κ3) is 3.65. The zero-order chi connectivity index (χ0) is 22.2. The first-order valence-corrected chi connectivity index (χ1v) is 10.7. The van der Waals surface area contributed by atoms with E-state index in [9.17, 15) is 14.9 Å². The Balaban J connectivity index is 1.81. The standard InChI is InChI=1S/C23H28N6O2/c1-23(12-7-6-9-16(23)22(31)28(2)3)26-20-19-18(11-13-25-21(19)30)29(27-20)17-10-5-4-8-15(17)14-24/h6-7,9,11-13,15-17H,4-5,8,10H2,1-3H3,(H,25,30)(H,26,27). The molecule has 0 bridgehead atoms. The van der Waals surface area contributed by atoms with Crippen LogP contribution in [0.1, 0.15) is 38.6 Å². The quantitative estimate of drug-likeness (QED) is 0.791. The number of allylic oxidation sites excluding steroid dienone is 2. The summed E-state index contributed by atoms with van der Waals surface area (Å²) in [4.78, 5) is 29.9. The van der Waals surface area contributed by atoms with Crippen molar-refractivity contribution in [3.05, 3.63) is 46.9 Å². The molecule has 4 atom stereocenters. The van der Waals surface area contributed by atoms with Gasteiger partial charge in [0.1, 0.15) is 5.39 Å². The molecule has 1 amide bonds. The maximum Gasteiger partial charge on any atom is 0.261 e. The predicted molar refractivity (Wildman–Crippen MR) is 119 cm³/mol. The number of carbonyl (C=O) groups is 1. The summed E-state index contributed by atoms with van der Waals surface area (Å²) in [7, 11) is 3.46. The van der Waals surface area contributed by atoms with Crippen molar-refractivity contribution < 1.29 is 4.79 Å². The maximum absolute atomic E-state index is 12.8. The zero-order valence-corrected chi connectivity index (χ0v) is 18.1. The smallest absolute Gasteiger partial charge is 0.261 e. The monoisotopic (exact) mass is 420 g/mol. The highest BCUT2D eigenvalue weighted by atomic mass is 16.2. The second kappa shape index (κ2) is 8.06. The van der Waals surface area contributed by atoms with Crippen molar-refractivity contribution in [2.75, 3.05) is 19.4 Å². The Hall–Kier alpha value is -3.34. The summed E-state index contributed by atoms with van der Waals surface area (Å²) in [6.45, 7) is 1.93. The number of nitrogens with zero attached hydrogens (tertiary/aromatic N) is 4. The molecule has 0 aromatic carbocycles. The number of nitriles is 1. The van der Waals surface area contributed by atoms with Gasteiger partial charge in [-0.1, -0.05) is 37.1 Å². The van der Waals surface area contributed by atoms with Crippen molar-refractivity contribution in [2.45, 2.75) is 44.2 Å². The normalized spacial score (nSPS) is 27.7. The van der Waals surface area contributed by atoms with Gasteiger partial charge in [-0.2, -0.15) is 10.4 Å². The minimum absolute atomic E-state index is 0.0370. The lowest BCUT2D eigenvalue weighted by molar-refractivity contribution is -0.132. The van der Waals surface area contributed by atoms with E-state index in [0.29, 0.717) is 16.7 Å². The van der Waals surface area contributed by atoms with Gasteiger partial charge in [-0.15, -0.1) is 0 Å². The minimum atomic E-state index is -0.758. The molecule has 4 rings (SSSR count). The number of aromatic nitrogens is 3. The Kier molecular flexibility index (Phi) is 5.44. The van der Waals surface area contributed by atoms with Crippen molar-refractivity contribution in [3.8, 4) is 6.07 Å². The molecular weight excluding hydrogens is 392 g/mol. The molecule has 2 heterocycles. The van der Waals surface area contributed by atoms with Crippen molar-refractivity contribution >= 4 is 22.6 Å². The van der Waals surface area contributed by atoms with Crippen LogP contribution < -0.4 is 10.9 Å². The minimum Gasteiger partial charge on any atom is -0.358 e. The number of aromatic amines is 1. The van der Waals surface area contributed by atoms with Crippen LogP contribution in [0.3, 0.4) is 0 Å². The van der Waals surface area contributed by atoms with E-state index in [4.69, 9.17) is 5.10 Å². The molecule has 31 heavy (non-hydrogen) atoms. The van der Waals surface area contributed by atoms with Gasteiger partial charge in [0.05, 0.1) is 35.0 Å². The molecule has 2 aliphatic rings. The zero-order valence-electron chi connectivity index (χ0n) is 18.1. The summed E-state index contributed by atoms with van der Waals surface area (Å²) in [5, 5.41) is 18.3. The predicted octanol–water partition coefficient (Wildman–Crippen LogP) is 2.98.